The van der Waals surface area contributed by atoms with Crippen molar-refractivity contribution < 1.29 is 18.7 Å². The lowest BCUT2D eigenvalue weighted by molar-refractivity contribution is -0.121. The maximum Gasteiger partial charge on any atom is 0.277 e. The molecule has 2 aromatic rings. The van der Waals surface area contributed by atoms with Gasteiger partial charge >= 0.3 is 0 Å². The van der Waals surface area contributed by atoms with Crippen molar-refractivity contribution in [1.82, 2.24) is 15.5 Å². The maximum absolute atomic E-state index is 12.5. The molecule has 28 heavy (non-hydrogen) atoms. The van der Waals surface area contributed by atoms with Gasteiger partial charge < -0.3 is 19.2 Å². The third-order valence-electron chi connectivity index (χ3n) is 4.89. The Kier molecular flexibility index (Phi) is 7.19. The first-order valence-electron chi connectivity index (χ1n) is 9.63. The standard InChI is InChI=1S/C20H27N3O4S/c1-13(18(24)21-14-8-6-4-5-7-9-14)28-20-23-22-19(27-20)16-11-10-15(25-2)12-17(16)26-3/h10-14H,4-9H2,1-3H3,(H,21,24)/t13-/m0/s1. The van der Waals surface area contributed by atoms with E-state index in [0.29, 0.717) is 28.2 Å². The second kappa shape index (κ2) is 9.82. The molecule has 1 N–H and O–H groups in total. The monoisotopic (exact) mass is 405 g/mol. The van der Waals surface area contributed by atoms with Crippen LogP contribution in [-0.4, -0.2) is 41.6 Å². The zero-order chi connectivity index (χ0) is 19.9. The number of rotatable bonds is 7. The van der Waals surface area contributed by atoms with E-state index in [0.717, 1.165) is 12.8 Å². The smallest absolute Gasteiger partial charge is 0.277 e. The van der Waals surface area contributed by atoms with E-state index in [1.165, 1.54) is 37.4 Å². The maximum atomic E-state index is 12.5. The molecule has 1 aliphatic carbocycles. The summed E-state index contributed by atoms with van der Waals surface area (Å²) in [4.78, 5) is 12.5. The third-order valence-corrected chi connectivity index (χ3v) is 5.83. The average Bonchev–Trinajstić information content (AvgIpc) is 3.02. The molecule has 0 bridgehead atoms. The molecule has 0 radical (unpaired) electrons. The Bertz CT molecular complexity index is 788. The Morgan fingerprint density at radius 3 is 2.61 bits per heavy atom. The molecular formula is C20H27N3O4S. The molecule has 1 aromatic heterocycles. The number of methoxy groups -OCH3 is 2. The first-order chi connectivity index (χ1) is 13.6. The zero-order valence-corrected chi connectivity index (χ0v) is 17.4. The fourth-order valence-corrected chi connectivity index (χ4v) is 3.98. The molecule has 7 nitrogen and oxygen atoms in total. The van der Waals surface area contributed by atoms with E-state index >= 15 is 0 Å². The SMILES string of the molecule is COc1ccc(-c2nnc(S[C@@H](C)C(=O)NC3CCCCCC3)o2)c(OC)c1. The van der Waals surface area contributed by atoms with Gasteiger partial charge in [0.15, 0.2) is 0 Å². The first-order valence-corrected chi connectivity index (χ1v) is 10.5. The zero-order valence-electron chi connectivity index (χ0n) is 16.6. The molecule has 152 valence electrons. The molecule has 0 saturated heterocycles. The number of nitrogens with one attached hydrogen (secondary N) is 1. The van der Waals surface area contributed by atoms with Crippen LogP contribution >= 0.6 is 11.8 Å². The molecule has 0 unspecified atom stereocenters. The van der Waals surface area contributed by atoms with Gasteiger partial charge in [-0.15, -0.1) is 10.2 Å². The molecule has 1 atom stereocenters. The van der Waals surface area contributed by atoms with Crippen LogP contribution in [0.1, 0.15) is 45.4 Å². The fourth-order valence-electron chi connectivity index (χ4n) is 3.29. The van der Waals surface area contributed by atoms with Gasteiger partial charge in [0.1, 0.15) is 11.5 Å². The lowest BCUT2D eigenvalue weighted by atomic mass is 10.1. The van der Waals surface area contributed by atoms with E-state index in [-0.39, 0.29) is 17.2 Å². The van der Waals surface area contributed by atoms with Crippen molar-refractivity contribution in [1.29, 1.82) is 0 Å². The van der Waals surface area contributed by atoms with Crippen molar-refractivity contribution in [3.8, 4) is 23.0 Å². The quantitative estimate of drug-likeness (QED) is 0.549. The number of ether oxygens (including phenoxy) is 2. The van der Waals surface area contributed by atoms with E-state index in [1.54, 1.807) is 26.4 Å². The summed E-state index contributed by atoms with van der Waals surface area (Å²) in [6.07, 6.45) is 7.01. The van der Waals surface area contributed by atoms with E-state index < -0.39 is 0 Å². The average molecular weight is 406 g/mol. The molecule has 8 heteroatoms. The van der Waals surface area contributed by atoms with Crippen LogP contribution in [0.15, 0.2) is 27.8 Å². The Hall–Kier alpha value is -2.22. The predicted octanol–water partition coefficient (Wildman–Crippen LogP) is 4.07. The Morgan fingerprint density at radius 1 is 1.18 bits per heavy atom. The largest absolute Gasteiger partial charge is 0.497 e. The molecule has 3 rings (SSSR count). The molecule has 1 heterocycles. The summed E-state index contributed by atoms with van der Waals surface area (Å²) < 4.78 is 16.3. The lowest BCUT2D eigenvalue weighted by Crippen LogP contribution is -2.39. The minimum atomic E-state index is -0.311. The predicted molar refractivity (Wildman–Crippen MR) is 108 cm³/mol. The van der Waals surface area contributed by atoms with Gasteiger partial charge in [-0.3, -0.25) is 4.79 Å². The number of benzene rings is 1. The third kappa shape index (κ3) is 5.19. The summed E-state index contributed by atoms with van der Waals surface area (Å²) in [5.41, 5.74) is 0.679. The molecule has 1 saturated carbocycles. The first kappa shape index (κ1) is 20.5. The summed E-state index contributed by atoms with van der Waals surface area (Å²) in [7, 11) is 3.17. The highest BCUT2D eigenvalue weighted by molar-refractivity contribution is 8.00. The molecule has 1 aliphatic rings. The van der Waals surface area contributed by atoms with Gasteiger partial charge in [-0.25, -0.2) is 0 Å². The van der Waals surface area contributed by atoms with Crippen molar-refractivity contribution >= 4 is 17.7 Å². The van der Waals surface area contributed by atoms with E-state index in [9.17, 15) is 4.79 Å². The van der Waals surface area contributed by atoms with Crippen molar-refractivity contribution in [2.75, 3.05) is 14.2 Å². The fraction of sp³-hybridized carbons (Fsp3) is 0.550. The second-order valence-electron chi connectivity index (χ2n) is 6.90. The van der Waals surface area contributed by atoms with Gasteiger partial charge in [-0.2, -0.15) is 0 Å². The number of hydrogen-bond acceptors (Lipinski definition) is 7. The van der Waals surface area contributed by atoms with Gasteiger partial charge in [0.05, 0.1) is 25.0 Å². The number of carbonyl (C=O) groups excluding carboxylic acids is 1. The van der Waals surface area contributed by atoms with Crippen molar-refractivity contribution in [3.63, 3.8) is 0 Å². The van der Waals surface area contributed by atoms with Gasteiger partial charge in [-0.05, 0) is 31.9 Å². The van der Waals surface area contributed by atoms with E-state index in [2.05, 4.69) is 15.5 Å². The van der Waals surface area contributed by atoms with Crippen LogP contribution < -0.4 is 14.8 Å². The number of hydrogen-bond donors (Lipinski definition) is 1. The van der Waals surface area contributed by atoms with Crippen LogP contribution in [0.5, 0.6) is 11.5 Å². The molecule has 0 aliphatic heterocycles. The Morgan fingerprint density at radius 2 is 1.93 bits per heavy atom. The number of carbonyl (C=O) groups is 1. The second-order valence-corrected chi connectivity index (χ2v) is 8.19. The summed E-state index contributed by atoms with van der Waals surface area (Å²) in [5, 5.41) is 11.4. The molecule has 1 aromatic carbocycles. The summed E-state index contributed by atoms with van der Waals surface area (Å²) in [6, 6.07) is 5.65. The van der Waals surface area contributed by atoms with Crippen molar-refractivity contribution in [2.24, 2.45) is 0 Å². The van der Waals surface area contributed by atoms with Crippen LogP contribution in [0.4, 0.5) is 0 Å². The van der Waals surface area contributed by atoms with Gasteiger partial charge in [-0.1, -0.05) is 37.4 Å². The van der Waals surface area contributed by atoms with E-state index in [1.807, 2.05) is 13.0 Å². The van der Waals surface area contributed by atoms with Crippen LogP contribution in [0.2, 0.25) is 0 Å². The number of aromatic nitrogens is 2. The minimum Gasteiger partial charge on any atom is -0.497 e. The van der Waals surface area contributed by atoms with Crippen LogP contribution in [0, 0.1) is 0 Å². The van der Waals surface area contributed by atoms with Crippen LogP contribution in [-0.2, 0) is 4.79 Å². The van der Waals surface area contributed by atoms with Gasteiger partial charge in [0.2, 0.25) is 5.91 Å². The number of nitrogens with zero attached hydrogens (tertiary/aromatic N) is 2. The van der Waals surface area contributed by atoms with Crippen molar-refractivity contribution in [3.05, 3.63) is 18.2 Å². The summed E-state index contributed by atoms with van der Waals surface area (Å²) in [6.45, 7) is 1.86. The summed E-state index contributed by atoms with van der Waals surface area (Å²) in [5.74, 6) is 1.62. The summed E-state index contributed by atoms with van der Waals surface area (Å²) >= 11 is 1.26. The molecule has 1 fully saturated rings. The normalized spacial score (nSPS) is 16.2. The Balaban J connectivity index is 1.63. The number of thioether (sulfide) groups is 1. The Labute approximate surface area is 169 Å². The van der Waals surface area contributed by atoms with Crippen LogP contribution in [0.3, 0.4) is 0 Å². The van der Waals surface area contributed by atoms with Gasteiger partial charge in [0.25, 0.3) is 11.1 Å². The van der Waals surface area contributed by atoms with Crippen LogP contribution in [0.25, 0.3) is 11.5 Å². The highest BCUT2D eigenvalue weighted by Gasteiger charge is 2.22. The van der Waals surface area contributed by atoms with Gasteiger partial charge in [0, 0.05) is 12.1 Å². The lowest BCUT2D eigenvalue weighted by Gasteiger charge is -2.18. The van der Waals surface area contributed by atoms with Crippen molar-refractivity contribution in [2.45, 2.75) is 62.0 Å². The highest BCUT2D eigenvalue weighted by atomic mass is 32.2. The molecule has 1 amide bonds. The minimum absolute atomic E-state index is 0.0127. The number of amides is 1. The molecule has 0 spiro atoms. The molecular weight excluding hydrogens is 378 g/mol. The van der Waals surface area contributed by atoms with E-state index in [4.69, 9.17) is 13.9 Å². The highest BCUT2D eigenvalue weighted by Crippen LogP contribution is 2.34. The topological polar surface area (TPSA) is 86.5 Å².